The van der Waals surface area contributed by atoms with Crippen LogP contribution in [-0.2, 0) is 9.59 Å². The van der Waals surface area contributed by atoms with E-state index in [-0.39, 0.29) is 18.1 Å². The zero-order valence-corrected chi connectivity index (χ0v) is 22.2. The van der Waals surface area contributed by atoms with E-state index in [9.17, 15) is 14.9 Å². The predicted molar refractivity (Wildman–Crippen MR) is 143 cm³/mol. The second kappa shape index (κ2) is 12.4. The van der Waals surface area contributed by atoms with Gasteiger partial charge in [-0.25, -0.2) is 0 Å². The number of benzene rings is 3. The van der Waals surface area contributed by atoms with Crippen LogP contribution in [0.3, 0.4) is 0 Å². The second-order valence-electron chi connectivity index (χ2n) is 6.98. The molecule has 0 aliphatic rings. The minimum absolute atomic E-state index is 0.0904. The molecule has 3 aromatic carbocycles. The molecule has 0 saturated carbocycles. The first-order valence-corrected chi connectivity index (χ1v) is 12.0. The van der Waals surface area contributed by atoms with Crippen LogP contribution < -0.4 is 20.1 Å². The Balaban J connectivity index is 1.69. The van der Waals surface area contributed by atoms with Crippen molar-refractivity contribution < 1.29 is 19.1 Å². The Kier molecular flexibility index (Phi) is 9.32. The van der Waals surface area contributed by atoms with Crippen LogP contribution in [0, 0.1) is 11.3 Å². The standard InChI is InChI=1S/C25H18Br2ClN3O4/c1-34-18-8-6-17(7-9-18)30-25(33)16(13-29)10-15-11-19(26)24(20(27)12-15)35-14-23(32)31-22-5-3-2-4-21(22)28/h2-12H,14H2,1H3,(H,30,33)(H,31,32)/b16-10-. The summed E-state index contributed by atoms with van der Waals surface area (Å²) >= 11 is 12.9. The van der Waals surface area contributed by atoms with Crippen molar-refractivity contribution in [3.8, 4) is 17.6 Å². The van der Waals surface area contributed by atoms with E-state index >= 15 is 0 Å². The van der Waals surface area contributed by atoms with Gasteiger partial charge in [-0.15, -0.1) is 0 Å². The van der Waals surface area contributed by atoms with Crippen LogP contribution in [-0.4, -0.2) is 25.5 Å². The number of para-hydroxylation sites is 1. The van der Waals surface area contributed by atoms with Gasteiger partial charge in [0, 0.05) is 5.69 Å². The van der Waals surface area contributed by atoms with Crippen LogP contribution in [0.4, 0.5) is 11.4 Å². The highest BCUT2D eigenvalue weighted by Gasteiger charge is 2.14. The molecular formula is C25H18Br2ClN3O4. The van der Waals surface area contributed by atoms with Crippen LogP contribution in [0.5, 0.6) is 11.5 Å². The van der Waals surface area contributed by atoms with Gasteiger partial charge < -0.3 is 20.1 Å². The molecule has 35 heavy (non-hydrogen) atoms. The number of ether oxygens (including phenoxy) is 2. The van der Waals surface area contributed by atoms with Crippen LogP contribution in [0.25, 0.3) is 6.08 Å². The fourth-order valence-corrected chi connectivity index (χ4v) is 4.51. The molecule has 3 rings (SSSR count). The smallest absolute Gasteiger partial charge is 0.266 e. The highest BCUT2D eigenvalue weighted by atomic mass is 79.9. The Labute approximate surface area is 223 Å². The molecule has 0 atom stereocenters. The number of hydrogen-bond acceptors (Lipinski definition) is 5. The van der Waals surface area contributed by atoms with Crippen molar-refractivity contribution in [2.24, 2.45) is 0 Å². The zero-order chi connectivity index (χ0) is 25.4. The number of carbonyl (C=O) groups excluding carboxylic acids is 2. The van der Waals surface area contributed by atoms with Gasteiger partial charge in [-0.2, -0.15) is 5.26 Å². The fourth-order valence-electron chi connectivity index (χ4n) is 2.88. The highest BCUT2D eigenvalue weighted by molar-refractivity contribution is 9.11. The Morgan fingerprint density at radius 2 is 1.71 bits per heavy atom. The quantitative estimate of drug-likeness (QED) is 0.223. The Hall–Kier alpha value is -3.32. The molecule has 0 aromatic heterocycles. The molecule has 3 aromatic rings. The summed E-state index contributed by atoms with van der Waals surface area (Å²) in [6.07, 6.45) is 1.45. The molecule has 0 aliphatic carbocycles. The van der Waals surface area contributed by atoms with E-state index in [1.54, 1.807) is 67.8 Å². The largest absolute Gasteiger partial charge is 0.497 e. The molecule has 0 aliphatic heterocycles. The molecular weight excluding hydrogens is 602 g/mol. The number of rotatable bonds is 8. The predicted octanol–water partition coefficient (Wildman–Crippen LogP) is 6.44. The molecule has 178 valence electrons. The van der Waals surface area contributed by atoms with E-state index in [0.717, 1.165) is 0 Å². The lowest BCUT2D eigenvalue weighted by atomic mass is 10.1. The van der Waals surface area contributed by atoms with Crippen molar-refractivity contribution in [3.05, 3.63) is 85.8 Å². The summed E-state index contributed by atoms with van der Waals surface area (Å²) < 4.78 is 11.8. The van der Waals surface area contributed by atoms with Crippen molar-refractivity contribution in [3.63, 3.8) is 0 Å². The number of methoxy groups -OCH3 is 1. The molecule has 0 fully saturated rings. The molecule has 2 amide bonds. The van der Waals surface area contributed by atoms with E-state index in [4.69, 9.17) is 21.1 Å². The lowest BCUT2D eigenvalue weighted by Crippen LogP contribution is -2.20. The zero-order valence-electron chi connectivity index (χ0n) is 18.3. The van der Waals surface area contributed by atoms with E-state index in [1.807, 2.05) is 6.07 Å². The summed E-state index contributed by atoms with van der Waals surface area (Å²) in [6.45, 7) is -0.259. The number of halogens is 3. The van der Waals surface area contributed by atoms with E-state index in [1.165, 1.54) is 6.08 Å². The van der Waals surface area contributed by atoms with Crippen molar-refractivity contribution in [2.75, 3.05) is 24.4 Å². The normalized spacial score (nSPS) is 10.8. The first kappa shape index (κ1) is 26.3. The summed E-state index contributed by atoms with van der Waals surface area (Å²) in [5.74, 6) is 0.0966. The minimum Gasteiger partial charge on any atom is -0.497 e. The first-order chi connectivity index (χ1) is 16.8. The van der Waals surface area contributed by atoms with Gasteiger partial charge in [0.15, 0.2) is 6.61 Å². The SMILES string of the molecule is COc1ccc(NC(=O)/C(C#N)=C\c2cc(Br)c(OCC(=O)Nc3ccccc3Cl)c(Br)c2)cc1. The van der Waals surface area contributed by atoms with Crippen LogP contribution in [0.2, 0.25) is 5.02 Å². The molecule has 2 N–H and O–H groups in total. The highest BCUT2D eigenvalue weighted by Crippen LogP contribution is 2.35. The number of anilines is 2. The van der Waals surface area contributed by atoms with Gasteiger partial charge in [0.1, 0.15) is 23.1 Å². The number of hydrogen-bond donors (Lipinski definition) is 2. The third kappa shape index (κ3) is 7.33. The Morgan fingerprint density at radius 1 is 1.06 bits per heavy atom. The van der Waals surface area contributed by atoms with Gasteiger partial charge >= 0.3 is 0 Å². The Bertz CT molecular complexity index is 1300. The maximum Gasteiger partial charge on any atom is 0.266 e. The van der Waals surface area contributed by atoms with Crippen LogP contribution >= 0.6 is 43.5 Å². The van der Waals surface area contributed by atoms with Crippen molar-refractivity contribution >= 4 is 72.7 Å². The average Bonchev–Trinajstić information content (AvgIpc) is 2.84. The Morgan fingerprint density at radius 3 is 2.31 bits per heavy atom. The van der Waals surface area contributed by atoms with Crippen molar-refractivity contribution in [1.82, 2.24) is 0 Å². The number of nitrogens with one attached hydrogen (secondary N) is 2. The van der Waals surface area contributed by atoms with Gasteiger partial charge in [-0.3, -0.25) is 9.59 Å². The summed E-state index contributed by atoms with van der Waals surface area (Å²) in [7, 11) is 1.55. The molecule has 0 spiro atoms. The fraction of sp³-hybridized carbons (Fsp3) is 0.0800. The van der Waals surface area contributed by atoms with Crippen molar-refractivity contribution in [1.29, 1.82) is 5.26 Å². The van der Waals surface area contributed by atoms with Crippen LogP contribution in [0.1, 0.15) is 5.56 Å². The lowest BCUT2D eigenvalue weighted by Gasteiger charge is -2.12. The van der Waals surface area contributed by atoms with Crippen LogP contribution in [0.15, 0.2) is 75.2 Å². The van der Waals surface area contributed by atoms with E-state index < -0.39 is 5.91 Å². The van der Waals surface area contributed by atoms with E-state index in [0.29, 0.717) is 42.4 Å². The van der Waals surface area contributed by atoms with Crippen molar-refractivity contribution in [2.45, 2.75) is 0 Å². The molecule has 0 unspecified atom stereocenters. The minimum atomic E-state index is -0.554. The average molecular weight is 620 g/mol. The summed E-state index contributed by atoms with van der Waals surface area (Å²) in [6, 6.07) is 18.9. The summed E-state index contributed by atoms with van der Waals surface area (Å²) in [5.41, 5.74) is 1.49. The molecule has 0 bridgehead atoms. The lowest BCUT2D eigenvalue weighted by molar-refractivity contribution is -0.118. The van der Waals surface area contributed by atoms with Gasteiger partial charge in [0.2, 0.25) is 0 Å². The number of nitriles is 1. The first-order valence-electron chi connectivity index (χ1n) is 10.0. The number of amides is 2. The second-order valence-corrected chi connectivity index (χ2v) is 9.10. The van der Waals surface area contributed by atoms with Gasteiger partial charge in [0.25, 0.3) is 11.8 Å². The summed E-state index contributed by atoms with van der Waals surface area (Å²) in [5, 5.41) is 15.3. The molecule has 0 heterocycles. The molecule has 0 radical (unpaired) electrons. The molecule has 0 saturated heterocycles. The third-order valence-electron chi connectivity index (χ3n) is 4.54. The van der Waals surface area contributed by atoms with E-state index in [2.05, 4.69) is 42.5 Å². The summed E-state index contributed by atoms with van der Waals surface area (Å²) in [4.78, 5) is 24.8. The maximum absolute atomic E-state index is 12.6. The van der Waals surface area contributed by atoms with Gasteiger partial charge in [-0.1, -0.05) is 23.7 Å². The monoisotopic (exact) mass is 617 g/mol. The molecule has 10 heteroatoms. The number of nitrogens with zero attached hydrogens (tertiary/aromatic N) is 1. The topological polar surface area (TPSA) is 100 Å². The van der Waals surface area contributed by atoms with Gasteiger partial charge in [-0.05, 0) is 92.0 Å². The number of carbonyl (C=O) groups is 2. The maximum atomic E-state index is 12.6. The molecule has 7 nitrogen and oxygen atoms in total. The third-order valence-corrected chi connectivity index (χ3v) is 6.05. The van der Waals surface area contributed by atoms with Gasteiger partial charge in [0.05, 0.1) is 26.8 Å².